The number of hydrogen-bond donors (Lipinski definition) is 2. The summed E-state index contributed by atoms with van der Waals surface area (Å²) in [6.07, 6.45) is -0.137. The summed E-state index contributed by atoms with van der Waals surface area (Å²) in [7, 11) is 0. The Kier molecular flexibility index (Phi) is 6.12. The van der Waals surface area contributed by atoms with Gasteiger partial charge in [-0.15, -0.1) is 11.3 Å². The van der Waals surface area contributed by atoms with Crippen molar-refractivity contribution in [1.82, 2.24) is 9.88 Å². The molecule has 1 amide bonds. The van der Waals surface area contributed by atoms with E-state index in [1.165, 1.54) is 11.3 Å². The molecule has 2 aromatic carbocycles. The first-order valence-electron chi connectivity index (χ1n) is 11.4. The number of nitrogen functional groups attached to an aromatic ring is 1. The Bertz CT molecular complexity index is 1420. The highest BCUT2D eigenvalue weighted by Gasteiger charge is 2.32. The number of pyridine rings is 1. The molecule has 5 rings (SSSR count). The number of benzene rings is 2. The average molecular weight is 484 g/mol. The van der Waals surface area contributed by atoms with Crippen molar-refractivity contribution in [1.29, 1.82) is 5.26 Å². The highest BCUT2D eigenvalue weighted by molar-refractivity contribution is 7.24. The summed E-state index contributed by atoms with van der Waals surface area (Å²) in [5.74, 6) is -0.0204. The van der Waals surface area contributed by atoms with E-state index in [0.29, 0.717) is 40.3 Å². The van der Waals surface area contributed by atoms with Crippen LogP contribution in [0.1, 0.15) is 29.8 Å². The van der Waals surface area contributed by atoms with Crippen LogP contribution in [-0.4, -0.2) is 41.1 Å². The zero-order chi connectivity index (χ0) is 24.5. The average Bonchev–Trinajstić information content (AvgIpc) is 3.20. The van der Waals surface area contributed by atoms with Gasteiger partial charge in [0.1, 0.15) is 28.0 Å². The predicted octanol–water partition coefficient (Wildman–Crippen LogP) is 5.41. The van der Waals surface area contributed by atoms with Crippen LogP contribution >= 0.6 is 11.3 Å². The number of amides is 1. The summed E-state index contributed by atoms with van der Waals surface area (Å²) in [5, 5.41) is 14.0. The number of aromatic nitrogens is 1. The molecule has 35 heavy (non-hydrogen) atoms. The fourth-order valence-electron chi connectivity index (χ4n) is 4.55. The number of carbonyl (C=O) groups is 1. The monoisotopic (exact) mass is 483 g/mol. The van der Waals surface area contributed by atoms with Crippen LogP contribution < -0.4 is 11.1 Å². The van der Waals surface area contributed by atoms with Gasteiger partial charge in [-0.05, 0) is 31.5 Å². The van der Waals surface area contributed by atoms with Gasteiger partial charge in [0.05, 0.1) is 22.4 Å². The van der Waals surface area contributed by atoms with E-state index in [1.807, 2.05) is 79.4 Å². The van der Waals surface area contributed by atoms with E-state index in [2.05, 4.69) is 16.4 Å². The number of morpholine rings is 1. The molecule has 2 unspecified atom stereocenters. The molecule has 4 aromatic rings. The van der Waals surface area contributed by atoms with Gasteiger partial charge in [0.25, 0.3) is 5.91 Å². The van der Waals surface area contributed by atoms with E-state index in [4.69, 9.17) is 10.5 Å². The number of nitrogens with one attached hydrogen (secondary N) is 1. The highest BCUT2D eigenvalue weighted by Crippen LogP contribution is 2.44. The first-order valence-corrected chi connectivity index (χ1v) is 12.3. The zero-order valence-electron chi connectivity index (χ0n) is 19.5. The fraction of sp³-hybridized carbons (Fsp3) is 0.222. The van der Waals surface area contributed by atoms with Crippen LogP contribution in [0.4, 0.5) is 16.5 Å². The molecule has 1 aliphatic heterocycles. The van der Waals surface area contributed by atoms with Crippen LogP contribution in [-0.2, 0) is 4.74 Å². The Labute approximate surface area is 207 Å². The highest BCUT2D eigenvalue weighted by atomic mass is 32.1. The minimum absolute atomic E-state index is 0.0683. The number of ether oxygens (including phenoxy) is 1. The molecule has 3 heterocycles. The smallest absolute Gasteiger partial charge is 0.259 e. The zero-order valence-corrected chi connectivity index (χ0v) is 20.3. The molecular weight excluding hydrogens is 458 g/mol. The number of nitrogens with two attached hydrogens (primary N) is 1. The third kappa shape index (κ3) is 4.32. The minimum Gasteiger partial charge on any atom is -0.383 e. The topological polar surface area (TPSA) is 104 Å². The Balaban J connectivity index is 1.75. The van der Waals surface area contributed by atoms with E-state index in [1.54, 1.807) is 0 Å². The second-order valence-electron chi connectivity index (χ2n) is 8.67. The maximum Gasteiger partial charge on any atom is 0.259 e. The molecular formula is C27H25N5O2S. The van der Waals surface area contributed by atoms with Crippen LogP contribution in [0, 0.1) is 11.3 Å². The fourth-order valence-corrected chi connectivity index (χ4v) is 5.78. The van der Waals surface area contributed by atoms with Gasteiger partial charge in [0.15, 0.2) is 0 Å². The molecule has 3 N–H and O–H groups in total. The van der Waals surface area contributed by atoms with Gasteiger partial charge in [-0.25, -0.2) is 4.98 Å². The number of thiophene rings is 1. The Morgan fingerprint density at radius 2 is 1.74 bits per heavy atom. The van der Waals surface area contributed by atoms with Crippen molar-refractivity contribution in [2.24, 2.45) is 0 Å². The third-order valence-electron chi connectivity index (χ3n) is 5.98. The molecule has 2 atom stereocenters. The second-order valence-corrected chi connectivity index (χ2v) is 9.69. The van der Waals surface area contributed by atoms with Crippen LogP contribution in [0.15, 0.2) is 60.7 Å². The van der Waals surface area contributed by atoms with Crippen molar-refractivity contribution >= 4 is 44.0 Å². The largest absolute Gasteiger partial charge is 0.383 e. The Morgan fingerprint density at radius 1 is 1.11 bits per heavy atom. The molecule has 0 saturated carbocycles. The van der Waals surface area contributed by atoms with Crippen LogP contribution in [0.25, 0.3) is 21.3 Å². The SMILES string of the molecule is CC1CN(C(=O)c2c(Nc3ccccc3)sc3c(-c4ccccc4)c(C#N)c(N)nc23)CC(C)O1. The maximum atomic E-state index is 14.0. The number of nitriles is 1. The quantitative estimate of drug-likeness (QED) is 0.402. The summed E-state index contributed by atoms with van der Waals surface area (Å²) in [6.45, 7) is 4.91. The van der Waals surface area contributed by atoms with Gasteiger partial charge in [-0.3, -0.25) is 4.79 Å². The molecule has 1 aliphatic rings. The van der Waals surface area contributed by atoms with Gasteiger partial charge < -0.3 is 20.7 Å². The Hall–Kier alpha value is -3.93. The number of rotatable bonds is 4. The Morgan fingerprint density at radius 3 is 2.37 bits per heavy atom. The number of nitrogens with zero attached hydrogens (tertiary/aromatic N) is 3. The lowest BCUT2D eigenvalue weighted by Gasteiger charge is -2.35. The van der Waals surface area contributed by atoms with E-state index in [-0.39, 0.29) is 23.9 Å². The van der Waals surface area contributed by atoms with Gasteiger partial charge in [0.2, 0.25) is 0 Å². The first kappa shape index (κ1) is 22.8. The second kappa shape index (κ2) is 9.37. The predicted molar refractivity (Wildman–Crippen MR) is 140 cm³/mol. The van der Waals surface area contributed by atoms with Crippen molar-refractivity contribution in [3.8, 4) is 17.2 Å². The van der Waals surface area contributed by atoms with Gasteiger partial charge in [-0.1, -0.05) is 48.5 Å². The normalized spacial score (nSPS) is 17.8. The summed E-state index contributed by atoms with van der Waals surface area (Å²) in [5.41, 5.74) is 9.96. The molecule has 2 aromatic heterocycles. The molecule has 1 fully saturated rings. The van der Waals surface area contributed by atoms with Crippen molar-refractivity contribution < 1.29 is 9.53 Å². The molecule has 7 nitrogen and oxygen atoms in total. The molecule has 0 spiro atoms. The summed E-state index contributed by atoms with van der Waals surface area (Å²) < 4.78 is 6.59. The molecule has 8 heteroatoms. The lowest BCUT2D eigenvalue weighted by molar-refractivity contribution is -0.0585. The van der Waals surface area contributed by atoms with E-state index < -0.39 is 0 Å². The third-order valence-corrected chi connectivity index (χ3v) is 7.09. The van der Waals surface area contributed by atoms with Crippen LogP contribution in [0.3, 0.4) is 0 Å². The molecule has 0 radical (unpaired) electrons. The first-order chi connectivity index (χ1) is 17.0. The number of hydrogen-bond acceptors (Lipinski definition) is 7. The number of para-hydroxylation sites is 1. The number of fused-ring (bicyclic) bond motifs is 1. The number of anilines is 3. The standard InChI is InChI=1S/C27H25N5O2S/c1-16-14-32(15-17(2)34-16)27(33)22-23-24(35-26(22)30-19-11-7-4-8-12-19)21(18-9-5-3-6-10-18)20(13-28)25(29)31-23/h3-12,16-17,30H,14-15H2,1-2H3,(H2,29,31). The van der Waals surface area contributed by atoms with Crippen molar-refractivity contribution in [2.45, 2.75) is 26.1 Å². The van der Waals surface area contributed by atoms with Crippen molar-refractivity contribution in [2.75, 3.05) is 24.1 Å². The molecule has 1 saturated heterocycles. The summed E-state index contributed by atoms with van der Waals surface area (Å²) >= 11 is 1.41. The number of carbonyl (C=O) groups excluding carboxylic acids is 1. The lowest BCUT2D eigenvalue weighted by atomic mass is 9.99. The van der Waals surface area contributed by atoms with Crippen molar-refractivity contribution in [3.63, 3.8) is 0 Å². The molecule has 176 valence electrons. The van der Waals surface area contributed by atoms with E-state index >= 15 is 0 Å². The van der Waals surface area contributed by atoms with Crippen LogP contribution in [0.5, 0.6) is 0 Å². The molecule has 0 bridgehead atoms. The maximum absolute atomic E-state index is 14.0. The van der Waals surface area contributed by atoms with E-state index in [0.717, 1.165) is 16.0 Å². The lowest BCUT2D eigenvalue weighted by Crippen LogP contribution is -2.48. The summed E-state index contributed by atoms with van der Waals surface area (Å²) in [6, 6.07) is 21.5. The molecule has 0 aliphatic carbocycles. The van der Waals surface area contributed by atoms with Crippen LogP contribution in [0.2, 0.25) is 0 Å². The van der Waals surface area contributed by atoms with Gasteiger partial charge in [-0.2, -0.15) is 5.26 Å². The van der Waals surface area contributed by atoms with Crippen molar-refractivity contribution in [3.05, 3.63) is 71.8 Å². The van der Waals surface area contributed by atoms with Gasteiger partial charge >= 0.3 is 0 Å². The van der Waals surface area contributed by atoms with Gasteiger partial charge in [0, 0.05) is 24.3 Å². The summed E-state index contributed by atoms with van der Waals surface area (Å²) in [4.78, 5) is 20.4. The minimum atomic E-state index is -0.132. The van der Waals surface area contributed by atoms with E-state index in [9.17, 15) is 10.1 Å².